The molecular weight excluding hydrogens is 352 g/mol. The van der Waals surface area contributed by atoms with Gasteiger partial charge >= 0.3 is 0 Å². The fourth-order valence-electron chi connectivity index (χ4n) is 2.57. The number of rotatable bonds is 6. The molecule has 0 aliphatic rings. The summed E-state index contributed by atoms with van der Waals surface area (Å²) in [6, 6.07) is 11.5. The fourth-order valence-corrected chi connectivity index (χ4v) is 3.91. The van der Waals surface area contributed by atoms with Crippen LogP contribution in [-0.2, 0) is 16.4 Å². The Hall–Kier alpha value is -2.87. The third-order valence-corrected chi connectivity index (χ3v) is 5.49. The molecule has 0 amide bonds. The number of hydrogen-bond acceptors (Lipinski definition) is 6. The van der Waals surface area contributed by atoms with Crippen molar-refractivity contribution in [2.75, 3.05) is 10.0 Å². The number of nitrogens with one attached hydrogen (secondary N) is 2. The van der Waals surface area contributed by atoms with Crippen molar-refractivity contribution in [2.45, 2.75) is 32.1 Å². The van der Waals surface area contributed by atoms with Crippen molar-refractivity contribution in [3.05, 3.63) is 59.6 Å². The maximum Gasteiger partial charge on any atom is 0.268 e. The SMILES string of the molecule is CCc1ccc(Nc2ccc(NS(=O)(=O)c3c(C)noc3C)nc2)cc1. The van der Waals surface area contributed by atoms with E-state index in [-0.39, 0.29) is 16.5 Å². The molecule has 0 aliphatic carbocycles. The Morgan fingerprint density at radius 2 is 1.73 bits per heavy atom. The molecule has 26 heavy (non-hydrogen) atoms. The first-order valence-corrected chi connectivity index (χ1v) is 9.65. The fraction of sp³-hybridized carbons (Fsp3) is 0.222. The molecule has 136 valence electrons. The second-order valence-electron chi connectivity index (χ2n) is 5.87. The first kappa shape index (κ1) is 17.9. The summed E-state index contributed by atoms with van der Waals surface area (Å²) in [5.74, 6) is 0.459. The molecule has 1 aromatic carbocycles. The van der Waals surface area contributed by atoms with Gasteiger partial charge in [0, 0.05) is 5.69 Å². The molecule has 2 aromatic heterocycles. The number of aryl methyl sites for hydroxylation is 3. The number of nitrogens with zero attached hydrogens (tertiary/aromatic N) is 2. The van der Waals surface area contributed by atoms with Gasteiger partial charge in [-0.2, -0.15) is 0 Å². The molecular formula is C18H20N4O3S. The maximum absolute atomic E-state index is 12.5. The summed E-state index contributed by atoms with van der Waals surface area (Å²) in [7, 11) is -3.80. The van der Waals surface area contributed by atoms with Crippen molar-refractivity contribution in [1.29, 1.82) is 0 Å². The van der Waals surface area contributed by atoms with Crippen LogP contribution in [0, 0.1) is 13.8 Å². The first-order chi connectivity index (χ1) is 12.4. The zero-order valence-corrected chi connectivity index (χ0v) is 15.6. The minimum absolute atomic E-state index is 0.0394. The van der Waals surface area contributed by atoms with E-state index >= 15 is 0 Å². The monoisotopic (exact) mass is 372 g/mol. The van der Waals surface area contributed by atoms with Gasteiger partial charge in [0.2, 0.25) is 0 Å². The summed E-state index contributed by atoms with van der Waals surface area (Å²) < 4.78 is 32.3. The van der Waals surface area contributed by atoms with Gasteiger partial charge in [0.05, 0.1) is 11.9 Å². The van der Waals surface area contributed by atoms with E-state index in [1.165, 1.54) is 5.56 Å². The molecule has 0 aliphatic heterocycles. The first-order valence-electron chi connectivity index (χ1n) is 8.17. The van der Waals surface area contributed by atoms with Gasteiger partial charge in [-0.3, -0.25) is 4.72 Å². The lowest BCUT2D eigenvalue weighted by Gasteiger charge is -2.09. The Kier molecular flexibility index (Phi) is 4.94. The number of hydrogen-bond donors (Lipinski definition) is 2. The average molecular weight is 372 g/mol. The van der Waals surface area contributed by atoms with E-state index < -0.39 is 10.0 Å². The number of aromatic nitrogens is 2. The second kappa shape index (κ2) is 7.17. The summed E-state index contributed by atoms with van der Waals surface area (Å²) in [5.41, 5.74) is 3.27. The van der Waals surface area contributed by atoms with E-state index in [0.29, 0.717) is 5.69 Å². The van der Waals surface area contributed by atoms with Crippen LogP contribution in [0.3, 0.4) is 0 Å². The lowest BCUT2D eigenvalue weighted by atomic mass is 10.1. The second-order valence-corrected chi connectivity index (χ2v) is 7.49. The van der Waals surface area contributed by atoms with Crippen molar-refractivity contribution < 1.29 is 12.9 Å². The van der Waals surface area contributed by atoms with E-state index in [0.717, 1.165) is 17.8 Å². The molecule has 0 spiro atoms. The summed E-state index contributed by atoms with van der Waals surface area (Å²) in [5, 5.41) is 6.90. The lowest BCUT2D eigenvalue weighted by molar-refractivity contribution is 0.390. The van der Waals surface area contributed by atoms with Gasteiger partial charge in [0.15, 0.2) is 10.7 Å². The van der Waals surface area contributed by atoms with Gasteiger partial charge in [-0.25, -0.2) is 13.4 Å². The summed E-state index contributed by atoms with van der Waals surface area (Å²) in [6.45, 7) is 5.24. The summed E-state index contributed by atoms with van der Waals surface area (Å²) in [4.78, 5) is 4.20. The van der Waals surface area contributed by atoms with Gasteiger partial charge in [-0.1, -0.05) is 24.2 Å². The molecule has 0 unspecified atom stereocenters. The van der Waals surface area contributed by atoms with Gasteiger partial charge in [-0.05, 0) is 50.1 Å². The molecule has 3 rings (SSSR count). The third kappa shape index (κ3) is 3.85. The molecule has 0 radical (unpaired) electrons. The predicted molar refractivity (Wildman–Crippen MR) is 100 cm³/mol. The van der Waals surface area contributed by atoms with Gasteiger partial charge in [-0.15, -0.1) is 0 Å². The van der Waals surface area contributed by atoms with Crippen LogP contribution in [0.4, 0.5) is 17.2 Å². The van der Waals surface area contributed by atoms with E-state index in [9.17, 15) is 8.42 Å². The Morgan fingerprint density at radius 1 is 1.04 bits per heavy atom. The molecule has 2 N–H and O–H groups in total. The average Bonchev–Trinajstić information content (AvgIpc) is 2.96. The largest absolute Gasteiger partial charge is 0.360 e. The number of pyridine rings is 1. The molecule has 7 nitrogen and oxygen atoms in total. The molecule has 0 atom stereocenters. The van der Waals surface area contributed by atoms with Crippen LogP contribution in [0.5, 0.6) is 0 Å². The van der Waals surface area contributed by atoms with Crippen molar-refractivity contribution in [1.82, 2.24) is 10.1 Å². The Labute approximate surface area is 152 Å². The van der Waals surface area contributed by atoms with Gasteiger partial charge in [0.25, 0.3) is 10.0 Å². The van der Waals surface area contributed by atoms with Crippen LogP contribution >= 0.6 is 0 Å². The van der Waals surface area contributed by atoms with E-state index in [2.05, 4.69) is 39.2 Å². The highest BCUT2D eigenvalue weighted by molar-refractivity contribution is 7.92. The Morgan fingerprint density at radius 3 is 2.27 bits per heavy atom. The third-order valence-electron chi connectivity index (χ3n) is 3.89. The Balaban J connectivity index is 1.73. The number of sulfonamides is 1. The smallest absolute Gasteiger partial charge is 0.268 e. The molecule has 0 fully saturated rings. The predicted octanol–water partition coefficient (Wildman–Crippen LogP) is 3.79. The van der Waals surface area contributed by atoms with Crippen LogP contribution in [0.25, 0.3) is 0 Å². The zero-order valence-electron chi connectivity index (χ0n) is 14.8. The van der Waals surface area contributed by atoms with E-state index in [1.807, 2.05) is 12.1 Å². The van der Waals surface area contributed by atoms with Crippen LogP contribution < -0.4 is 10.0 Å². The normalized spacial score (nSPS) is 11.3. The van der Waals surface area contributed by atoms with Crippen LogP contribution in [0.1, 0.15) is 23.9 Å². The van der Waals surface area contributed by atoms with Crippen molar-refractivity contribution in [3.63, 3.8) is 0 Å². The van der Waals surface area contributed by atoms with E-state index in [4.69, 9.17) is 4.52 Å². The topological polar surface area (TPSA) is 97.1 Å². The van der Waals surface area contributed by atoms with Crippen LogP contribution in [-0.4, -0.2) is 18.6 Å². The maximum atomic E-state index is 12.5. The van der Waals surface area contributed by atoms with Crippen molar-refractivity contribution >= 4 is 27.2 Å². The van der Waals surface area contributed by atoms with E-state index in [1.54, 1.807) is 32.2 Å². The minimum atomic E-state index is -3.80. The highest BCUT2D eigenvalue weighted by atomic mass is 32.2. The molecule has 3 aromatic rings. The summed E-state index contributed by atoms with van der Waals surface area (Å²) in [6.07, 6.45) is 2.56. The quantitative estimate of drug-likeness (QED) is 0.683. The van der Waals surface area contributed by atoms with Crippen molar-refractivity contribution in [2.24, 2.45) is 0 Å². The molecule has 0 bridgehead atoms. The molecule has 0 saturated carbocycles. The van der Waals surface area contributed by atoms with Crippen molar-refractivity contribution in [3.8, 4) is 0 Å². The van der Waals surface area contributed by atoms with Crippen LogP contribution in [0.2, 0.25) is 0 Å². The highest BCUT2D eigenvalue weighted by Gasteiger charge is 2.24. The van der Waals surface area contributed by atoms with Crippen LogP contribution in [0.15, 0.2) is 52.0 Å². The number of benzene rings is 1. The van der Waals surface area contributed by atoms with Gasteiger partial charge < -0.3 is 9.84 Å². The highest BCUT2D eigenvalue weighted by Crippen LogP contribution is 2.23. The lowest BCUT2D eigenvalue weighted by Crippen LogP contribution is -2.15. The Bertz CT molecular complexity index is 974. The van der Waals surface area contributed by atoms with Gasteiger partial charge in [0.1, 0.15) is 11.5 Å². The standard InChI is InChI=1S/C18H20N4O3S/c1-4-14-5-7-15(8-6-14)20-16-9-10-17(19-11-16)22-26(23,24)18-12(2)21-25-13(18)3/h5-11,20H,4H2,1-3H3,(H,19,22). The molecule has 8 heteroatoms. The summed E-state index contributed by atoms with van der Waals surface area (Å²) >= 11 is 0. The number of anilines is 3. The zero-order chi connectivity index (χ0) is 18.7. The minimum Gasteiger partial charge on any atom is -0.360 e. The molecule has 0 saturated heterocycles. The molecule has 2 heterocycles.